The molecule has 0 amide bonds. The first-order valence-electron chi connectivity index (χ1n) is 6.48. The van der Waals surface area contributed by atoms with Crippen LogP contribution in [0.2, 0.25) is 0 Å². The van der Waals surface area contributed by atoms with Crippen LogP contribution in [-0.2, 0) is 0 Å². The number of hydrogen-bond donors (Lipinski definition) is 2. The van der Waals surface area contributed by atoms with E-state index in [-0.39, 0.29) is 12.1 Å². The first kappa shape index (κ1) is 12.6. The van der Waals surface area contributed by atoms with Gasteiger partial charge < -0.3 is 15.0 Å². The summed E-state index contributed by atoms with van der Waals surface area (Å²) in [5.74, 6) is 0. The Bertz CT molecular complexity index is 388. The van der Waals surface area contributed by atoms with E-state index in [1.807, 2.05) is 13.3 Å². The van der Waals surface area contributed by atoms with Gasteiger partial charge in [-0.2, -0.15) is 0 Å². The number of aryl methyl sites for hydroxylation is 1. The Morgan fingerprint density at radius 2 is 2.35 bits per heavy atom. The lowest BCUT2D eigenvalue weighted by Crippen LogP contribution is -2.46. The average Bonchev–Trinajstić information content (AvgIpc) is 2.87. The van der Waals surface area contributed by atoms with Crippen LogP contribution >= 0.6 is 0 Å². The zero-order valence-corrected chi connectivity index (χ0v) is 11.0. The lowest BCUT2D eigenvalue weighted by Gasteiger charge is -2.28. The third-order valence-electron chi connectivity index (χ3n) is 4.12. The van der Waals surface area contributed by atoms with Gasteiger partial charge in [-0.3, -0.25) is 0 Å². The highest BCUT2D eigenvalue weighted by Gasteiger charge is 2.39. The summed E-state index contributed by atoms with van der Waals surface area (Å²) in [6.07, 6.45) is 5.09. The number of aromatic nitrogens is 2. The molecule has 2 atom stereocenters. The molecule has 17 heavy (non-hydrogen) atoms. The molecule has 1 aromatic heterocycles. The molecule has 0 saturated heterocycles. The van der Waals surface area contributed by atoms with Crippen molar-refractivity contribution in [1.29, 1.82) is 0 Å². The molecular weight excluding hydrogens is 214 g/mol. The molecule has 2 rings (SSSR count). The van der Waals surface area contributed by atoms with Crippen LogP contribution in [0.15, 0.2) is 6.33 Å². The molecule has 0 bridgehead atoms. The first-order valence-corrected chi connectivity index (χ1v) is 6.48. The number of hydrogen-bond acceptors (Lipinski definition) is 3. The van der Waals surface area contributed by atoms with Gasteiger partial charge in [-0.05, 0) is 39.7 Å². The molecule has 0 aliphatic heterocycles. The summed E-state index contributed by atoms with van der Waals surface area (Å²) in [6.45, 7) is 7.40. The Balaban J connectivity index is 2.14. The summed E-state index contributed by atoms with van der Waals surface area (Å²) in [7, 11) is 0. The highest BCUT2D eigenvalue weighted by Crippen LogP contribution is 2.38. The van der Waals surface area contributed by atoms with Crippen molar-refractivity contribution in [3.8, 4) is 0 Å². The van der Waals surface area contributed by atoms with Gasteiger partial charge in [0.05, 0.1) is 18.6 Å². The summed E-state index contributed by atoms with van der Waals surface area (Å²) >= 11 is 0. The maximum atomic E-state index is 9.60. The van der Waals surface area contributed by atoms with Crippen molar-refractivity contribution in [3.63, 3.8) is 0 Å². The number of aliphatic hydroxyl groups excluding tert-OH is 1. The van der Waals surface area contributed by atoms with Crippen molar-refractivity contribution in [2.45, 2.75) is 51.6 Å². The maximum absolute atomic E-state index is 9.60. The predicted octanol–water partition coefficient (Wildman–Crippen LogP) is 1.57. The molecule has 1 fully saturated rings. The van der Waals surface area contributed by atoms with E-state index in [0.29, 0.717) is 6.04 Å². The van der Waals surface area contributed by atoms with Crippen molar-refractivity contribution in [2.24, 2.45) is 0 Å². The van der Waals surface area contributed by atoms with Crippen LogP contribution < -0.4 is 5.32 Å². The Labute approximate surface area is 103 Å². The van der Waals surface area contributed by atoms with Crippen molar-refractivity contribution in [2.75, 3.05) is 13.2 Å². The minimum absolute atomic E-state index is 0.0793. The molecule has 4 heteroatoms. The third-order valence-corrected chi connectivity index (χ3v) is 4.12. The fourth-order valence-corrected chi connectivity index (χ4v) is 2.95. The van der Waals surface area contributed by atoms with Crippen LogP contribution in [0.25, 0.3) is 0 Å². The fraction of sp³-hybridized carbons (Fsp3) is 0.769. The van der Waals surface area contributed by atoms with Crippen LogP contribution in [0.1, 0.15) is 43.6 Å². The smallest absolute Gasteiger partial charge is 0.0954 e. The molecule has 0 aromatic carbocycles. The van der Waals surface area contributed by atoms with Crippen LogP contribution in [0, 0.1) is 13.8 Å². The average molecular weight is 237 g/mol. The SMILES string of the molecule is CCNC1(CO)CCC(n2cnc(C)c2C)C1. The molecule has 2 N–H and O–H groups in total. The molecule has 1 saturated carbocycles. The van der Waals surface area contributed by atoms with E-state index in [4.69, 9.17) is 0 Å². The van der Waals surface area contributed by atoms with Crippen molar-refractivity contribution >= 4 is 0 Å². The lowest BCUT2D eigenvalue weighted by molar-refractivity contribution is 0.162. The van der Waals surface area contributed by atoms with E-state index in [9.17, 15) is 5.11 Å². The monoisotopic (exact) mass is 237 g/mol. The number of imidazole rings is 1. The van der Waals surface area contributed by atoms with Crippen molar-refractivity contribution < 1.29 is 5.11 Å². The van der Waals surface area contributed by atoms with Gasteiger partial charge in [0.25, 0.3) is 0 Å². The molecule has 0 spiro atoms. The second kappa shape index (κ2) is 4.78. The van der Waals surface area contributed by atoms with Gasteiger partial charge in [-0.25, -0.2) is 4.98 Å². The molecule has 1 heterocycles. The molecule has 96 valence electrons. The Hall–Kier alpha value is -0.870. The Morgan fingerprint density at radius 1 is 1.59 bits per heavy atom. The zero-order valence-electron chi connectivity index (χ0n) is 11.0. The third kappa shape index (κ3) is 2.24. The molecule has 1 aliphatic carbocycles. The van der Waals surface area contributed by atoms with Gasteiger partial charge in [0.2, 0.25) is 0 Å². The van der Waals surface area contributed by atoms with E-state index < -0.39 is 0 Å². The minimum atomic E-state index is -0.0793. The topological polar surface area (TPSA) is 50.1 Å². The van der Waals surface area contributed by atoms with Gasteiger partial charge in [0.15, 0.2) is 0 Å². The second-order valence-corrected chi connectivity index (χ2v) is 5.19. The van der Waals surface area contributed by atoms with Gasteiger partial charge >= 0.3 is 0 Å². The number of likely N-dealkylation sites (N-methyl/N-ethyl adjacent to an activating group) is 1. The lowest BCUT2D eigenvalue weighted by atomic mass is 9.98. The molecule has 0 radical (unpaired) electrons. The van der Waals surface area contributed by atoms with Crippen molar-refractivity contribution in [3.05, 3.63) is 17.7 Å². The summed E-state index contributed by atoms with van der Waals surface area (Å²) in [5, 5.41) is 13.0. The molecule has 1 aromatic rings. The number of nitrogens with one attached hydrogen (secondary N) is 1. The molecule has 2 unspecified atom stereocenters. The minimum Gasteiger partial charge on any atom is -0.394 e. The number of nitrogens with zero attached hydrogens (tertiary/aromatic N) is 2. The molecular formula is C13H23N3O. The van der Waals surface area contributed by atoms with Gasteiger partial charge in [-0.15, -0.1) is 0 Å². The molecule has 1 aliphatic rings. The molecule has 4 nitrogen and oxygen atoms in total. The van der Waals surface area contributed by atoms with E-state index in [0.717, 1.165) is 31.5 Å². The summed E-state index contributed by atoms with van der Waals surface area (Å²) in [4.78, 5) is 4.36. The fourth-order valence-electron chi connectivity index (χ4n) is 2.95. The van der Waals surface area contributed by atoms with E-state index in [2.05, 4.69) is 28.7 Å². The maximum Gasteiger partial charge on any atom is 0.0954 e. The van der Waals surface area contributed by atoms with Crippen LogP contribution in [0.4, 0.5) is 0 Å². The first-order chi connectivity index (χ1) is 8.12. The van der Waals surface area contributed by atoms with Gasteiger partial charge in [-0.1, -0.05) is 6.92 Å². The predicted molar refractivity (Wildman–Crippen MR) is 68.1 cm³/mol. The largest absolute Gasteiger partial charge is 0.394 e. The Morgan fingerprint density at radius 3 is 2.88 bits per heavy atom. The summed E-state index contributed by atoms with van der Waals surface area (Å²) in [6, 6.07) is 0.474. The van der Waals surface area contributed by atoms with E-state index in [1.165, 1.54) is 5.69 Å². The summed E-state index contributed by atoms with van der Waals surface area (Å²) < 4.78 is 2.27. The van der Waals surface area contributed by atoms with Crippen LogP contribution in [0.5, 0.6) is 0 Å². The van der Waals surface area contributed by atoms with Gasteiger partial charge in [0, 0.05) is 17.3 Å². The van der Waals surface area contributed by atoms with Crippen molar-refractivity contribution in [1.82, 2.24) is 14.9 Å². The van der Waals surface area contributed by atoms with E-state index >= 15 is 0 Å². The van der Waals surface area contributed by atoms with E-state index in [1.54, 1.807) is 0 Å². The second-order valence-electron chi connectivity index (χ2n) is 5.19. The highest BCUT2D eigenvalue weighted by atomic mass is 16.3. The van der Waals surface area contributed by atoms with Crippen LogP contribution in [-0.4, -0.2) is 33.3 Å². The van der Waals surface area contributed by atoms with Crippen LogP contribution in [0.3, 0.4) is 0 Å². The quantitative estimate of drug-likeness (QED) is 0.835. The highest BCUT2D eigenvalue weighted by molar-refractivity contribution is 5.11. The Kier molecular flexibility index (Phi) is 3.54. The normalized spacial score (nSPS) is 28.8. The van der Waals surface area contributed by atoms with Gasteiger partial charge in [0.1, 0.15) is 0 Å². The number of aliphatic hydroxyl groups is 1. The summed E-state index contributed by atoms with van der Waals surface area (Å²) in [5.41, 5.74) is 2.28. The number of rotatable bonds is 4. The standard InChI is InChI=1S/C13H23N3O/c1-4-15-13(8-17)6-5-12(7-13)16-9-14-10(2)11(16)3/h9,12,15,17H,4-8H2,1-3H3. The zero-order chi connectivity index (χ0) is 12.5.